The van der Waals surface area contributed by atoms with Crippen molar-refractivity contribution in [3.8, 4) is 0 Å². The number of anilines is 1. The highest BCUT2D eigenvalue weighted by Gasteiger charge is 2.63. The third kappa shape index (κ3) is 3.12. The Labute approximate surface area is 190 Å². The van der Waals surface area contributed by atoms with Crippen molar-refractivity contribution in [2.75, 3.05) is 11.4 Å². The lowest BCUT2D eigenvalue weighted by molar-refractivity contribution is -0.123. The first-order valence-corrected chi connectivity index (χ1v) is 12.0. The monoisotopic (exact) mass is 448 g/mol. The Balaban J connectivity index is 1.64. The van der Waals surface area contributed by atoms with Crippen LogP contribution in [0.3, 0.4) is 0 Å². The zero-order valence-corrected chi connectivity index (χ0v) is 19.4. The van der Waals surface area contributed by atoms with Crippen LogP contribution in [0.25, 0.3) is 0 Å². The van der Waals surface area contributed by atoms with Crippen LogP contribution >= 0.6 is 23.1 Å². The Hall–Kier alpha value is -2.57. The molecule has 1 saturated heterocycles. The zero-order chi connectivity index (χ0) is 21.8. The summed E-state index contributed by atoms with van der Waals surface area (Å²) in [6, 6.07) is 19.8. The smallest absolute Gasteiger partial charge is 0.268 e. The highest BCUT2D eigenvalue weighted by atomic mass is 32.2. The molecule has 1 unspecified atom stereocenters. The summed E-state index contributed by atoms with van der Waals surface area (Å²) in [6.45, 7) is 7.30. The van der Waals surface area contributed by atoms with Crippen LogP contribution in [0, 0.1) is 6.92 Å². The first kappa shape index (κ1) is 20.3. The van der Waals surface area contributed by atoms with Gasteiger partial charge in [0.05, 0.1) is 17.1 Å². The molecule has 0 radical (unpaired) electrons. The Morgan fingerprint density at radius 1 is 1.03 bits per heavy atom. The van der Waals surface area contributed by atoms with E-state index in [1.165, 1.54) is 11.3 Å². The molecule has 1 atom stereocenters. The maximum atomic E-state index is 14.2. The van der Waals surface area contributed by atoms with Gasteiger partial charge in [0.15, 0.2) is 4.87 Å². The van der Waals surface area contributed by atoms with Gasteiger partial charge in [0.25, 0.3) is 11.8 Å². The number of carbonyl (C=O) groups is 2. The number of rotatable bonds is 3. The fraction of sp³-hybridized carbons (Fsp3) is 0.280. The van der Waals surface area contributed by atoms with E-state index in [1.807, 2.05) is 63.7 Å². The highest BCUT2D eigenvalue weighted by molar-refractivity contribution is 8.02. The maximum Gasteiger partial charge on any atom is 0.268 e. The Morgan fingerprint density at radius 3 is 2.52 bits per heavy atom. The zero-order valence-electron chi connectivity index (χ0n) is 17.8. The predicted molar refractivity (Wildman–Crippen MR) is 128 cm³/mol. The molecule has 0 N–H and O–H groups in total. The van der Waals surface area contributed by atoms with E-state index in [0.29, 0.717) is 18.0 Å². The van der Waals surface area contributed by atoms with Crippen molar-refractivity contribution in [3.63, 3.8) is 0 Å². The summed E-state index contributed by atoms with van der Waals surface area (Å²) in [5.74, 6) is -0.105. The normalized spacial score (nSPS) is 21.7. The number of aryl methyl sites for hydroxylation is 1. The predicted octanol–water partition coefficient (Wildman–Crippen LogP) is 5.42. The minimum atomic E-state index is -1.04. The first-order valence-electron chi connectivity index (χ1n) is 10.4. The van der Waals surface area contributed by atoms with Gasteiger partial charge in [0.2, 0.25) is 0 Å². The number of para-hydroxylation sites is 1. The number of benzene rings is 2. The van der Waals surface area contributed by atoms with Gasteiger partial charge in [-0.05, 0) is 49.4 Å². The number of amides is 2. The van der Waals surface area contributed by atoms with Crippen LogP contribution in [0.2, 0.25) is 0 Å². The molecule has 3 heterocycles. The summed E-state index contributed by atoms with van der Waals surface area (Å²) in [5.41, 5.74) is 4.07. The minimum Gasteiger partial charge on any atom is -0.309 e. The molecule has 0 aliphatic carbocycles. The van der Waals surface area contributed by atoms with Gasteiger partial charge in [-0.15, -0.1) is 23.1 Å². The topological polar surface area (TPSA) is 40.6 Å². The lowest BCUT2D eigenvalue weighted by Gasteiger charge is -2.33. The van der Waals surface area contributed by atoms with Crippen LogP contribution in [-0.4, -0.2) is 28.0 Å². The number of hydrogen-bond donors (Lipinski definition) is 0. The summed E-state index contributed by atoms with van der Waals surface area (Å²) in [7, 11) is 0. The first-order chi connectivity index (χ1) is 14.8. The van der Waals surface area contributed by atoms with E-state index in [4.69, 9.17) is 0 Å². The van der Waals surface area contributed by atoms with Gasteiger partial charge < -0.3 is 9.80 Å². The molecule has 158 valence electrons. The van der Waals surface area contributed by atoms with E-state index >= 15 is 0 Å². The van der Waals surface area contributed by atoms with Crippen molar-refractivity contribution in [2.45, 2.75) is 36.9 Å². The van der Waals surface area contributed by atoms with Crippen molar-refractivity contribution in [2.24, 2.45) is 0 Å². The van der Waals surface area contributed by atoms with Crippen LogP contribution in [0.15, 0.2) is 66.0 Å². The number of nitrogens with zero attached hydrogens (tertiary/aromatic N) is 2. The number of thioether (sulfide) groups is 1. The molecule has 0 saturated carbocycles. The lowest BCUT2D eigenvalue weighted by atomic mass is 10.0. The number of carbonyl (C=O) groups excluding carboxylic acids is 2. The molecule has 2 aromatic carbocycles. The lowest BCUT2D eigenvalue weighted by Crippen LogP contribution is -2.50. The molecule has 1 spiro atoms. The summed E-state index contributed by atoms with van der Waals surface area (Å²) in [6.07, 6.45) is 0. The van der Waals surface area contributed by atoms with Gasteiger partial charge in [-0.1, -0.05) is 48.5 Å². The van der Waals surface area contributed by atoms with Crippen LogP contribution in [0.5, 0.6) is 0 Å². The largest absolute Gasteiger partial charge is 0.309 e. The van der Waals surface area contributed by atoms with Gasteiger partial charge in [-0.25, -0.2) is 0 Å². The van der Waals surface area contributed by atoms with Crippen molar-refractivity contribution in [1.29, 1.82) is 0 Å². The fourth-order valence-electron chi connectivity index (χ4n) is 4.60. The Morgan fingerprint density at radius 2 is 1.77 bits per heavy atom. The second-order valence-electron chi connectivity index (χ2n) is 8.71. The van der Waals surface area contributed by atoms with E-state index in [0.717, 1.165) is 22.4 Å². The molecule has 0 bridgehead atoms. The second kappa shape index (κ2) is 7.24. The van der Waals surface area contributed by atoms with Gasteiger partial charge in [-0.2, -0.15) is 0 Å². The van der Waals surface area contributed by atoms with E-state index < -0.39 is 4.87 Å². The number of hydrogen-bond acceptors (Lipinski definition) is 4. The van der Waals surface area contributed by atoms with E-state index in [-0.39, 0.29) is 16.6 Å². The van der Waals surface area contributed by atoms with Crippen molar-refractivity contribution >= 4 is 40.6 Å². The molecule has 1 aromatic heterocycles. The average molecular weight is 449 g/mol. The summed E-state index contributed by atoms with van der Waals surface area (Å²) in [4.78, 5) is 31.1. The molecule has 2 amide bonds. The molecular formula is C25H24N2O2S2. The van der Waals surface area contributed by atoms with Gasteiger partial charge >= 0.3 is 0 Å². The molecule has 2 aliphatic rings. The average Bonchev–Trinajstić information content (AvgIpc) is 3.43. The van der Waals surface area contributed by atoms with Crippen LogP contribution < -0.4 is 4.90 Å². The van der Waals surface area contributed by atoms with Crippen molar-refractivity contribution in [1.82, 2.24) is 4.90 Å². The summed E-state index contributed by atoms with van der Waals surface area (Å²) >= 11 is 3.02. The Bertz CT molecular complexity index is 1170. The van der Waals surface area contributed by atoms with Crippen LogP contribution in [-0.2, 0) is 16.2 Å². The van der Waals surface area contributed by atoms with Gasteiger partial charge in [-0.3, -0.25) is 9.59 Å². The van der Waals surface area contributed by atoms with E-state index in [1.54, 1.807) is 11.8 Å². The van der Waals surface area contributed by atoms with Crippen molar-refractivity contribution in [3.05, 3.63) is 87.6 Å². The fourth-order valence-corrected chi connectivity index (χ4v) is 7.01. The molecule has 6 heteroatoms. The molecule has 2 aliphatic heterocycles. The standard InChI is InChI=1S/C25H24N2O2S2/c1-17-9-4-5-10-18(17)15-26-20-12-7-6-11-19(20)25(23(26)29)27(16-24(2,3)31-25)22(28)21-13-8-14-30-21/h4-14H,15-16H2,1-3H3. The van der Waals surface area contributed by atoms with E-state index in [2.05, 4.69) is 32.9 Å². The minimum absolute atomic E-state index is 0.0302. The molecule has 31 heavy (non-hydrogen) atoms. The van der Waals surface area contributed by atoms with Crippen molar-refractivity contribution < 1.29 is 9.59 Å². The maximum absolute atomic E-state index is 14.2. The third-order valence-electron chi connectivity index (χ3n) is 6.00. The number of thiophene rings is 1. The molecule has 5 rings (SSSR count). The highest BCUT2D eigenvalue weighted by Crippen LogP contribution is 2.60. The summed E-state index contributed by atoms with van der Waals surface area (Å²) in [5, 5.41) is 1.91. The summed E-state index contributed by atoms with van der Waals surface area (Å²) < 4.78 is -0.242. The van der Waals surface area contributed by atoms with Gasteiger partial charge in [0, 0.05) is 16.9 Å². The second-order valence-corrected chi connectivity index (χ2v) is 11.6. The van der Waals surface area contributed by atoms with Gasteiger partial charge in [0.1, 0.15) is 0 Å². The molecule has 3 aromatic rings. The Kier molecular flexibility index (Phi) is 4.75. The van der Waals surface area contributed by atoms with Crippen LogP contribution in [0.1, 0.15) is 40.2 Å². The van der Waals surface area contributed by atoms with E-state index in [9.17, 15) is 9.59 Å². The SMILES string of the molecule is Cc1ccccc1CN1C(=O)C2(SC(C)(C)CN2C(=O)c2cccs2)c2ccccc21. The molecule has 1 fully saturated rings. The quantitative estimate of drug-likeness (QED) is 0.537. The molecule has 4 nitrogen and oxygen atoms in total. The third-order valence-corrected chi connectivity index (χ3v) is 8.45. The molecular weight excluding hydrogens is 424 g/mol. The number of fused-ring (bicyclic) bond motifs is 2. The van der Waals surface area contributed by atoms with Crippen LogP contribution in [0.4, 0.5) is 5.69 Å².